The third-order valence-corrected chi connectivity index (χ3v) is 5.73. The van der Waals surface area contributed by atoms with Gasteiger partial charge in [-0.25, -0.2) is 9.97 Å². The van der Waals surface area contributed by atoms with Crippen molar-refractivity contribution in [1.29, 1.82) is 0 Å². The van der Waals surface area contributed by atoms with E-state index in [2.05, 4.69) is 69.3 Å². The molecule has 3 aromatic rings. The summed E-state index contributed by atoms with van der Waals surface area (Å²) >= 11 is 0. The average Bonchev–Trinajstić information content (AvgIpc) is 3.49. The van der Waals surface area contributed by atoms with Crippen LogP contribution in [0.2, 0.25) is 0 Å². The molecule has 0 saturated heterocycles. The number of hydrogen-bond acceptors (Lipinski definition) is 4. The Morgan fingerprint density at radius 3 is 2.50 bits per heavy atom. The lowest BCUT2D eigenvalue weighted by atomic mass is 9.82. The van der Waals surface area contributed by atoms with Gasteiger partial charge >= 0.3 is 0 Å². The molecule has 1 amide bonds. The molecule has 1 aliphatic carbocycles. The summed E-state index contributed by atoms with van der Waals surface area (Å²) in [7, 11) is 0. The summed E-state index contributed by atoms with van der Waals surface area (Å²) in [5.74, 6) is 0.654. The molecule has 1 fully saturated rings. The first-order valence-corrected chi connectivity index (χ1v) is 11.5. The third kappa shape index (κ3) is 5.45. The molecule has 1 heterocycles. The Morgan fingerprint density at radius 1 is 1.06 bits per heavy atom. The van der Waals surface area contributed by atoms with E-state index in [1.807, 2.05) is 30.5 Å². The number of nitrogens with one attached hydrogen (secondary N) is 2. The molecule has 168 valence electrons. The molecule has 1 aromatic heterocycles. The number of rotatable bonds is 6. The minimum atomic E-state index is -0.107. The van der Waals surface area contributed by atoms with Crippen molar-refractivity contribution in [3.63, 3.8) is 0 Å². The Balaban J connectivity index is 1.59. The number of nitrogens with zero attached hydrogens (tertiary/aromatic N) is 2. The number of amides is 1. The van der Waals surface area contributed by atoms with Crippen molar-refractivity contribution in [1.82, 2.24) is 15.3 Å². The van der Waals surface area contributed by atoms with E-state index in [0.29, 0.717) is 17.6 Å². The Hall–Kier alpha value is -2.95. The monoisotopic (exact) mass is 430 g/mol. The molecular weight excluding hydrogens is 396 g/mol. The Kier molecular flexibility index (Phi) is 5.70. The molecule has 0 aliphatic heterocycles. The van der Waals surface area contributed by atoms with E-state index < -0.39 is 0 Å². The van der Waals surface area contributed by atoms with Gasteiger partial charge in [-0.2, -0.15) is 0 Å². The highest BCUT2D eigenvalue weighted by molar-refractivity contribution is 5.96. The van der Waals surface area contributed by atoms with Crippen molar-refractivity contribution in [2.45, 2.75) is 72.4 Å². The topological polar surface area (TPSA) is 66.9 Å². The highest BCUT2D eigenvalue weighted by atomic mass is 16.1. The number of anilines is 1. The first kappa shape index (κ1) is 22.3. The van der Waals surface area contributed by atoms with Crippen LogP contribution < -0.4 is 10.6 Å². The van der Waals surface area contributed by atoms with Crippen LogP contribution in [0.1, 0.15) is 69.8 Å². The van der Waals surface area contributed by atoms with Crippen molar-refractivity contribution in [2.24, 2.45) is 5.41 Å². The maximum absolute atomic E-state index is 12.5. The average molecular weight is 431 g/mol. The number of aromatic nitrogens is 2. The van der Waals surface area contributed by atoms with Crippen molar-refractivity contribution < 1.29 is 4.79 Å². The van der Waals surface area contributed by atoms with E-state index in [9.17, 15) is 4.79 Å². The molecule has 0 unspecified atom stereocenters. The molecule has 0 radical (unpaired) electrons. The van der Waals surface area contributed by atoms with Gasteiger partial charge in [0, 0.05) is 28.7 Å². The summed E-state index contributed by atoms with van der Waals surface area (Å²) in [5.41, 5.74) is 4.97. The summed E-state index contributed by atoms with van der Waals surface area (Å²) in [6.45, 7) is 13.2. The van der Waals surface area contributed by atoms with Crippen molar-refractivity contribution in [3.05, 3.63) is 53.7 Å². The molecular formula is C27H34N4O. The SMILES string of the molecule is Cc1ccc(C(=O)NC2CC2)cc1-c1ccc2nc(NC(C)(C)CC(C)(C)C)ncc2c1. The summed E-state index contributed by atoms with van der Waals surface area (Å²) < 4.78 is 0. The quantitative estimate of drug-likeness (QED) is 0.494. The van der Waals surface area contributed by atoms with Gasteiger partial charge in [-0.3, -0.25) is 4.79 Å². The van der Waals surface area contributed by atoms with Gasteiger partial charge in [0.25, 0.3) is 5.91 Å². The fourth-order valence-electron chi connectivity index (χ4n) is 4.50. The lowest BCUT2D eigenvalue weighted by Crippen LogP contribution is -2.36. The van der Waals surface area contributed by atoms with Gasteiger partial charge in [0.15, 0.2) is 0 Å². The number of aryl methyl sites for hydroxylation is 1. The second-order valence-corrected chi connectivity index (χ2v) is 11.0. The summed E-state index contributed by atoms with van der Waals surface area (Å²) in [5, 5.41) is 7.55. The number of carbonyl (C=O) groups excluding carboxylic acids is 1. The van der Waals surface area contributed by atoms with Crippen LogP contribution in [0.25, 0.3) is 22.0 Å². The van der Waals surface area contributed by atoms with E-state index in [0.717, 1.165) is 46.9 Å². The third-order valence-electron chi connectivity index (χ3n) is 5.73. The van der Waals surface area contributed by atoms with Gasteiger partial charge < -0.3 is 10.6 Å². The zero-order valence-electron chi connectivity index (χ0n) is 20.0. The van der Waals surface area contributed by atoms with Crippen LogP contribution >= 0.6 is 0 Å². The predicted octanol–water partition coefficient (Wildman–Crippen LogP) is 6.12. The lowest BCUT2D eigenvalue weighted by Gasteiger charge is -2.33. The number of hydrogen-bond donors (Lipinski definition) is 2. The molecule has 5 heteroatoms. The second-order valence-electron chi connectivity index (χ2n) is 11.0. The van der Waals surface area contributed by atoms with Gasteiger partial charge in [0.2, 0.25) is 5.95 Å². The van der Waals surface area contributed by atoms with Crippen LogP contribution in [0.15, 0.2) is 42.6 Å². The highest BCUT2D eigenvalue weighted by Gasteiger charge is 2.26. The van der Waals surface area contributed by atoms with E-state index in [1.165, 1.54) is 0 Å². The minimum absolute atomic E-state index is 0.00598. The Morgan fingerprint density at radius 2 is 1.81 bits per heavy atom. The van der Waals surface area contributed by atoms with E-state index in [4.69, 9.17) is 4.98 Å². The normalized spacial score (nSPS) is 14.4. The largest absolute Gasteiger partial charge is 0.349 e. The molecule has 0 bridgehead atoms. The molecule has 0 spiro atoms. The van der Waals surface area contributed by atoms with Crippen molar-refractivity contribution in [2.75, 3.05) is 5.32 Å². The van der Waals surface area contributed by atoms with Crippen LogP contribution in [0, 0.1) is 12.3 Å². The molecule has 1 saturated carbocycles. The van der Waals surface area contributed by atoms with Crippen LogP contribution in [0.5, 0.6) is 0 Å². The summed E-state index contributed by atoms with van der Waals surface area (Å²) in [6.07, 6.45) is 5.04. The molecule has 2 N–H and O–H groups in total. The first-order chi connectivity index (χ1) is 15.0. The second kappa shape index (κ2) is 8.19. The molecule has 5 nitrogen and oxygen atoms in total. The maximum Gasteiger partial charge on any atom is 0.251 e. The zero-order valence-corrected chi connectivity index (χ0v) is 20.0. The molecule has 2 aromatic carbocycles. The minimum Gasteiger partial charge on any atom is -0.349 e. The maximum atomic E-state index is 12.5. The van der Waals surface area contributed by atoms with Crippen LogP contribution in [0.4, 0.5) is 5.95 Å². The standard InChI is InChI=1S/C27H34N4O/c1-17-7-8-19(24(32)29-21-10-11-21)14-22(17)18-9-12-23-20(13-18)15-28-25(30-23)31-27(5,6)16-26(2,3)4/h7-9,12-15,21H,10-11,16H2,1-6H3,(H,29,32)(H,28,30,31). The van der Waals surface area contributed by atoms with Crippen LogP contribution in [-0.2, 0) is 0 Å². The number of carbonyl (C=O) groups is 1. The smallest absolute Gasteiger partial charge is 0.251 e. The zero-order chi connectivity index (χ0) is 23.1. The van der Waals surface area contributed by atoms with Gasteiger partial charge in [0.1, 0.15) is 0 Å². The fraction of sp³-hybridized carbons (Fsp3) is 0.444. The van der Waals surface area contributed by atoms with Crippen molar-refractivity contribution in [3.8, 4) is 11.1 Å². The lowest BCUT2D eigenvalue weighted by molar-refractivity contribution is 0.0951. The van der Waals surface area contributed by atoms with Crippen LogP contribution in [0.3, 0.4) is 0 Å². The highest BCUT2D eigenvalue weighted by Crippen LogP contribution is 2.31. The van der Waals surface area contributed by atoms with Gasteiger partial charge in [-0.1, -0.05) is 32.9 Å². The van der Waals surface area contributed by atoms with Crippen LogP contribution in [-0.4, -0.2) is 27.5 Å². The fourth-order valence-corrected chi connectivity index (χ4v) is 4.50. The Bertz CT molecular complexity index is 1160. The molecule has 32 heavy (non-hydrogen) atoms. The van der Waals surface area contributed by atoms with Gasteiger partial charge in [-0.15, -0.1) is 0 Å². The van der Waals surface area contributed by atoms with Gasteiger partial charge in [0.05, 0.1) is 5.52 Å². The molecule has 4 rings (SSSR count). The van der Waals surface area contributed by atoms with E-state index >= 15 is 0 Å². The van der Waals surface area contributed by atoms with E-state index in [1.54, 1.807) is 0 Å². The summed E-state index contributed by atoms with van der Waals surface area (Å²) in [6, 6.07) is 12.5. The molecule has 1 aliphatic rings. The predicted molar refractivity (Wildman–Crippen MR) is 132 cm³/mol. The van der Waals surface area contributed by atoms with Crippen molar-refractivity contribution >= 4 is 22.8 Å². The summed E-state index contributed by atoms with van der Waals surface area (Å²) in [4.78, 5) is 21.8. The number of fused-ring (bicyclic) bond motifs is 1. The molecule has 0 atom stereocenters. The van der Waals surface area contributed by atoms with E-state index in [-0.39, 0.29) is 16.9 Å². The number of benzene rings is 2. The van der Waals surface area contributed by atoms with Gasteiger partial charge in [-0.05, 0) is 86.4 Å². The Labute approximate surface area is 191 Å². The first-order valence-electron chi connectivity index (χ1n) is 11.5.